The number of nitrogens with two attached hydrogens (primary N) is 1. The van der Waals surface area contributed by atoms with Gasteiger partial charge < -0.3 is 5.73 Å². The molecule has 3 rings (SSSR count). The van der Waals surface area contributed by atoms with Crippen molar-refractivity contribution in [1.82, 2.24) is 9.38 Å². The van der Waals surface area contributed by atoms with Crippen LogP contribution in [-0.4, -0.2) is 14.9 Å². The molecule has 0 spiro atoms. The van der Waals surface area contributed by atoms with E-state index in [1.807, 2.05) is 0 Å². The molecule has 1 aliphatic carbocycles. The molecule has 0 aliphatic heterocycles. The van der Waals surface area contributed by atoms with Crippen molar-refractivity contribution < 1.29 is 0 Å². The van der Waals surface area contributed by atoms with Gasteiger partial charge in [0.2, 0.25) is 0 Å². The summed E-state index contributed by atoms with van der Waals surface area (Å²) in [6.07, 6.45) is 5.37. The first-order valence-electron chi connectivity index (χ1n) is 4.88. The molecule has 1 saturated carbocycles. The minimum atomic E-state index is 0.0721. The van der Waals surface area contributed by atoms with Gasteiger partial charge in [-0.2, -0.15) is 0 Å². The Morgan fingerprint density at radius 1 is 1.64 bits per heavy atom. The number of rotatable bonds is 2. The third-order valence-electron chi connectivity index (χ3n) is 2.97. The average molecular weight is 207 g/mol. The van der Waals surface area contributed by atoms with Crippen molar-refractivity contribution in [1.29, 1.82) is 0 Å². The second-order valence-electron chi connectivity index (χ2n) is 4.24. The Hall–Kier alpha value is -0.870. The molecule has 4 heteroatoms. The molecule has 0 bridgehead atoms. The van der Waals surface area contributed by atoms with E-state index in [-0.39, 0.29) is 5.54 Å². The fourth-order valence-electron chi connectivity index (χ4n) is 1.82. The highest BCUT2D eigenvalue weighted by Gasteiger charge is 2.39. The normalized spacial score (nSPS) is 19.0. The van der Waals surface area contributed by atoms with Crippen LogP contribution in [0.4, 0.5) is 0 Å². The van der Waals surface area contributed by atoms with Crippen LogP contribution in [0.15, 0.2) is 11.6 Å². The molecule has 0 atom stereocenters. The monoisotopic (exact) mass is 207 g/mol. The molecule has 2 N–H and O–H groups in total. The number of aryl methyl sites for hydroxylation is 1. The maximum absolute atomic E-state index is 6.13. The number of hydrogen-bond donors (Lipinski definition) is 1. The summed E-state index contributed by atoms with van der Waals surface area (Å²) in [5.74, 6) is 0. The summed E-state index contributed by atoms with van der Waals surface area (Å²) < 4.78 is 2.17. The van der Waals surface area contributed by atoms with E-state index in [0.717, 1.165) is 29.9 Å². The van der Waals surface area contributed by atoms with Gasteiger partial charge in [-0.3, -0.25) is 4.40 Å². The van der Waals surface area contributed by atoms with Gasteiger partial charge >= 0.3 is 0 Å². The van der Waals surface area contributed by atoms with Gasteiger partial charge in [0, 0.05) is 29.2 Å². The molecule has 0 radical (unpaired) electrons. The van der Waals surface area contributed by atoms with Crippen LogP contribution in [0.2, 0.25) is 0 Å². The van der Waals surface area contributed by atoms with E-state index in [2.05, 4.69) is 27.9 Å². The first kappa shape index (κ1) is 8.44. The van der Waals surface area contributed by atoms with E-state index >= 15 is 0 Å². The smallest absolute Gasteiger partial charge is 0.194 e. The van der Waals surface area contributed by atoms with Gasteiger partial charge in [0.1, 0.15) is 0 Å². The molecule has 2 aromatic heterocycles. The topological polar surface area (TPSA) is 43.3 Å². The van der Waals surface area contributed by atoms with Gasteiger partial charge in [0.25, 0.3) is 0 Å². The lowest BCUT2D eigenvalue weighted by Crippen LogP contribution is -2.25. The van der Waals surface area contributed by atoms with Gasteiger partial charge in [-0.05, 0) is 19.8 Å². The van der Waals surface area contributed by atoms with Crippen molar-refractivity contribution in [2.75, 3.05) is 0 Å². The third kappa shape index (κ3) is 1.18. The van der Waals surface area contributed by atoms with Crippen molar-refractivity contribution in [3.8, 4) is 0 Å². The van der Waals surface area contributed by atoms with E-state index in [9.17, 15) is 0 Å². The van der Waals surface area contributed by atoms with Crippen LogP contribution in [0.1, 0.15) is 24.2 Å². The Morgan fingerprint density at radius 3 is 3.14 bits per heavy atom. The zero-order chi connectivity index (χ0) is 9.76. The quantitative estimate of drug-likeness (QED) is 0.815. The van der Waals surface area contributed by atoms with Crippen molar-refractivity contribution in [2.24, 2.45) is 5.73 Å². The summed E-state index contributed by atoms with van der Waals surface area (Å²) >= 11 is 1.68. The lowest BCUT2D eigenvalue weighted by atomic mass is 10.1. The van der Waals surface area contributed by atoms with Crippen LogP contribution in [0, 0.1) is 6.92 Å². The number of imidazole rings is 1. The largest absolute Gasteiger partial charge is 0.325 e. The Bertz CT molecular complexity index is 478. The first-order chi connectivity index (χ1) is 6.68. The maximum atomic E-state index is 6.13. The zero-order valence-corrected chi connectivity index (χ0v) is 8.97. The van der Waals surface area contributed by atoms with Crippen LogP contribution in [-0.2, 0) is 6.42 Å². The summed E-state index contributed by atoms with van der Waals surface area (Å²) in [6, 6.07) is 0. The van der Waals surface area contributed by atoms with Crippen LogP contribution in [0.5, 0.6) is 0 Å². The van der Waals surface area contributed by atoms with Crippen molar-refractivity contribution in [3.05, 3.63) is 23.0 Å². The number of aromatic nitrogens is 2. The van der Waals surface area contributed by atoms with Crippen LogP contribution in [0.3, 0.4) is 0 Å². The van der Waals surface area contributed by atoms with Crippen LogP contribution in [0.25, 0.3) is 4.96 Å². The highest BCUT2D eigenvalue weighted by Crippen LogP contribution is 2.36. The molecule has 3 nitrogen and oxygen atoms in total. The molecular formula is C10H13N3S. The van der Waals surface area contributed by atoms with E-state index < -0.39 is 0 Å². The fourth-order valence-corrected chi connectivity index (χ4v) is 2.60. The zero-order valence-electron chi connectivity index (χ0n) is 8.16. The Balaban J connectivity index is 2.08. The Labute approximate surface area is 86.6 Å². The van der Waals surface area contributed by atoms with Crippen LogP contribution >= 0.6 is 11.3 Å². The lowest BCUT2D eigenvalue weighted by Gasteiger charge is -2.07. The third-order valence-corrected chi connectivity index (χ3v) is 3.73. The van der Waals surface area contributed by atoms with Gasteiger partial charge in [-0.1, -0.05) is 0 Å². The predicted octanol–water partition coefficient (Wildman–Crippen LogP) is 1.74. The molecule has 1 aliphatic rings. The molecule has 0 aromatic carbocycles. The molecule has 0 amide bonds. The molecular weight excluding hydrogens is 194 g/mol. The minimum absolute atomic E-state index is 0.0721. The average Bonchev–Trinajstić information content (AvgIpc) is 2.58. The second kappa shape index (κ2) is 2.58. The van der Waals surface area contributed by atoms with Crippen LogP contribution < -0.4 is 5.73 Å². The van der Waals surface area contributed by atoms with E-state index in [4.69, 9.17) is 5.73 Å². The lowest BCUT2D eigenvalue weighted by molar-refractivity contribution is 0.653. The van der Waals surface area contributed by atoms with Gasteiger partial charge in [0.05, 0.1) is 5.69 Å². The predicted molar refractivity (Wildman–Crippen MR) is 57.7 cm³/mol. The maximum Gasteiger partial charge on any atom is 0.194 e. The molecule has 14 heavy (non-hydrogen) atoms. The highest BCUT2D eigenvalue weighted by molar-refractivity contribution is 7.15. The molecule has 0 saturated heterocycles. The van der Waals surface area contributed by atoms with E-state index in [1.54, 1.807) is 11.3 Å². The standard InChI is InChI=1S/C10H13N3S/c1-7-8(6-10(11)2-3-10)13-4-5-14-9(13)12-7/h4-5H,2-3,6,11H2,1H3. The summed E-state index contributed by atoms with van der Waals surface area (Å²) in [6.45, 7) is 2.07. The minimum Gasteiger partial charge on any atom is -0.325 e. The number of fused-ring (bicyclic) bond motifs is 1. The molecule has 1 fully saturated rings. The fraction of sp³-hybridized carbons (Fsp3) is 0.500. The summed E-state index contributed by atoms with van der Waals surface area (Å²) in [4.78, 5) is 5.60. The Morgan fingerprint density at radius 2 is 2.43 bits per heavy atom. The van der Waals surface area contributed by atoms with Gasteiger partial charge in [-0.25, -0.2) is 4.98 Å². The van der Waals surface area contributed by atoms with E-state index in [1.165, 1.54) is 5.69 Å². The number of hydrogen-bond acceptors (Lipinski definition) is 3. The van der Waals surface area contributed by atoms with E-state index in [0.29, 0.717) is 0 Å². The van der Waals surface area contributed by atoms with Crippen molar-refractivity contribution >= 4 is 16.3 Å². The van der Waals surface area contributed by atoms with Gasteiger partial charge in [-0.15, -0.1) is 11.3 Å². The highest BCUT2D eigenvalue weighted by atomic mass is 32.1. The molecule has 0 unspecified atom stereocenters. The molecule has 74 valence electrons. The first-order valence-corrected chi connectivity index (χ1v) is 5.76. The summed E-state index contributed by atoms with van der Waals surface area (Å²) in [7, 11) is 0. The SMILES string of the molecule is Cc1nc2sccn2c1CC1(N)CC1. The van der Waals surface area contributed by atoms with Gasteiger partial charge in [0.15, 0.2) is 4.96 Å². The number of thiazole rings is 1. The summed E-state index contributed by atoms with van der Waals surface area (Å²) in [5.41, 5.74) is 8.63. The van der Waals surface area contributed by atoms with Crippen molar-refractivity contribution in [3.63, 3.8) is 0 Å². The molecule has 2 aromatic rings. The molecule has 2 heterocycles. The Kier molecular flexibility index (Phi) is 1.56. The second-order valence-corrected chi connectivity index (χ2v) is 5.11. The number of nitrogens with zero attached hydrogens (tertiary/aromatic N) is 2. The van der Waals surface area contributed by atoms with Crippen molar-refractivity contribution in [2.45, 2.75) is 31.7 Å². The summed E-state index contributed by atoms with van der Waals surface area (Å²) in [5, 5.41) is 2.07.